The Morgan fingerprint density at radius 1 is 1.00 bits per heavy atom. The molecule has 1 aromatic rings. The molecular formula is C14H23BClNO2. The van der Waals surface area contributed by atoms with Crippen LogP contribution in [-0.2, 0) is 15.9 Å². The van der Waals surface area contributed by atoms with Gasteiger partial charge in [0.05, 0.1) is 11.2 Å². The first-order valence-corrected chi connectivity index (χ1v) is 6.45. The molecule has 1 saturated heterocycles. The van der Waals surface area contributed by atoms with E-state index in [1.165, 1.54) is 5.56 Å². The first-order chi connectivity index (χ1) is 8.36. The van der Waals surface area contributed by atoms with Crippen molar-refractivity contribution in [2.45, 2.75) is 45.4 Å². The second-order valence-electron chi connectivity index (χ2n) is 5.86. The van der Waals surface area contributed by atoms with Gasteiger partial charge in [0.2, 0.25) is 0 Å². The fourth-order valence-corrected chi connectivity index (χ4v) is 1.98. The Bertz CT molecular complexity index is 404. The van der Waals surface area contributed by atoms with Crippen LogP contribution >= 0.6 is 12.4 Å². The van der Waals surface area contributed by atoms with Gasteiger partial charge in [0, 0.05) is 6.54 Å². The number of rotatable bonds is 3. The highest BCUT2D eigenvalue weighted by atomic mass is 35.5. The minimum absolute atomic E-state index is 0. The summed E-state index contributed by atoms with van der Waals surface area (Å²) < 4.78 is 12.0. The van der Waals surface area contributed by atoms with Gasteiger partial charge in [-0.3, -0.25) is 0 Å². The summed E-state index contributed by atoms with van der Waals surface area (Å²) in [6, 6.07) is 8.37. The molecule has 2 rings (SSSR count). The van der Waals surface area contributed by atoms with Crippen molar-refractivity contribution in [3.8, 4) is 0 Å². The molecule has 0 saturated carbocycles. The molecular weight excluding hydrogens is 260 g/mol. The van der Waals surface area contributed by atoms with Crippen LogP contribution in [0.25, 0.3) is 0 Å². The average molecular weight is 284 g/mol. The van der Waals surface area contributed by atoms with E-state index in [-0.39, 0.29) is 30.7 Å². The van der Waals surface area contributed by atoms with Crippen molar-refractivity contribution in [2.75, 3.05) is 7.05 Å². The Balaban J connectivity index is 0.00000180. The summed E-state index contributed by atoms with van der Waals surface area (Å²) in [7, 11) is 1.68. The van der Waals surface area contributed by atoms with Gasteiger partial charge < -0.3 is 14.6 Å². The van der Waals surface area contributed by atoms with Crippen molar-refractivity contribution < 1.29 is 9.31 Å². The van der Waals surface area contributed by atoms with Crippen molar-refractivity contribution in [1.29, 1.82) is 0 Å². The van der Waals surface area contributed by atoms with Gasteiger partial charge in [-0.25, -0.2) is 0 Å². The molecule has 0 aromatic heterocycles. The van der Waals surface area contributed by atoms with Crippen LogP contribution in [0.4, 0.5) is 0 Å². The molecule has 1 heterocycles. The van der Waals surface area contributed by atoms with Crippen molar-refractivity contribution in [2.24, 2.45) is 0 Å². The van der Waals surface area contributed by atoms with E-state index >= 15 is 0 Å². The van der Waals surface area contributed by atoms with Crippen LogP contribution in [0.5, 0.6) is 0 Å². The number of benzene rings is 1. The van der Waals surface area contributed by atoms with Crippen molar-refractivity contribution >= 4 is 25.0 Å². The molecule has 1 aromatic carbocycles. The van der Waals surface area contributed by atoms with Crippen molar-refractivity contribution in [3.05, 3.63) is 29.8 Å². The van der Waals surface area contributed by atoms with Crippen LogP contribution in [0.2, 0.25) is 0 Å². The van der Waals surface area contributed by atoms with E-state index in [1.54, 1.807) is 0 Å². The molecule has 1 fully saturated rings. The molecule has 106 valence electrons. The SMILES string of the molecule is CNCc1ccc(B2OC(C)(C)C(C)(C)O2)cc1.Cl. The lowest BCUT2D eigenvalue weighted by Gasteiger charge is -2.32. The minimum Gasteiger partial charge on any atom is -0.399 e. The predicted octanol–water partition coefficient (Wildman–Crippen LogP) is 2.13. The summed E-state index contributed by atoms with van der Waals surface area (Å²) >= 11 is 0. The minimum atomic E-state index is -0.276. The molecule has 5 heteroatoms. The Morgan fingerprint density at radius 3 is 1.89 bits per heavy atom. The number of halogens is 1. The van der Waals surface area contributed by atoms with Crippen LogP contribution in [0.1, 0.15) is 33.3 Å². The maximum absolute atomic E-state index is 6.01. The van der Waals surface area contributed by atoms with Gasteiger partial charge in [-0.15, -0.1) is 12.4 Å². The molecule has 3 nitrogen and oxygen atoms in total. The number of hydrogen-bond donors (Lipinski definition) is 1. The third-order valence-corrected chi connectivity index (χ3v) is 3.89. The van der Waals surface area contributed by atoms with Gasteiger partial charge in [-0.1, -0.05) is 24.3 Å². The van der Waals surface area contributed by atoms with E-state index in [0.29, 0.717) is 0 Å². The third-order valence-electron chi connectivity index (χ3n) is 3.89. The first-order valence-electron chi connectivity index (χ1n) is 6.45. The van der Waals surface area contributed by atoms with Gasteiger partial charge in [0.1, 0.15) is 0 Å². The van der Waals surface area contributed by atoms with Gasteiger partial charge >= 0.3 is 7.12 Å². The fourth-order valence-electron chi connectivity index (χ4n) is 1.98. The zero-order chi connectivity index (χ0) is 13.4. The van der Waals surface area contributed by atoms with E-state index in [1.807, 2.05) is 7.05 Å². The molecule has 0 aliphatic carbocycles. The molecule has 0 radical (unpaired) electrons. The number of nitrogens with one attached hydrogen (secondary N) is 1. The largest absolute Gasteiger partial charge is 0.494 e. The van der Waals surface area contributed by atoms with E-state index in [4.69, 9.17) is 9.31 Å². The molecule has 1 aliphatic heterocycles. The van der Waals surface area contributed by atoms with E-state index in [2.05, 4.69) is 57.3 Å². The van der Waals surface area contributed by atoms with Gasteiger partial charge in [-0.2, -0.15) is 0 Å². The van der Waals surface area contributed by atoms with Crippen LogP contribution in [0, 0.1) is 0 Å². The fraction of sp³-hybridized carbons (Fsp3) is 0.571. The quantitative estimate of drug-likeness (QED) is 0.862. The summed E-state index contributed by atoms with van der Waals surface area (Å²) in [5.41, 5.74) is 1.79. The monoisotopic (exact) mass is 283 g/mol. The molecule has 19 heavy (non-hydrogen) atoms. The number of hydrogen-bond acceptors (Lipinski definition) is 3. The zero-order valence-electron chi connectivity index (χ0n) is 12.3. The predicted molar refractivity (Wildman–Crippen MR) is 82.2 cm³/mol. The van der Waals surface area contributed by atoms with Gasteiger partial charge in [0.25, 0.3) is 0 Å². The van der Waals surface area contributed by atoms with E-state index in [9.17, 15) is 0 Å². The first kappa shape index (κ1) is 16.5. The highest BCUT2D eigenvalue weighted by molar-refractivity contribution is 6.62. The Labute approximate surface area is 122 Å². The summed E-state index contributed by atoms with van der Waals surface area (Å²) in [6.45, 7) is 9.17. The lowest BCUT2D eigenvalue weighted by Crippen LogP contribution is -2.41. The van der Waals surface area contributed by atoms with Crippen molar-refractivity contribution in [3.63, 3.8) is 0 Å². The lowest BCUT2D eigenvalue weighted by atomic mass is 9.79. The van der Waals surface area contributed by atoms with Crippen LogP contribution in [0.3, 0.4) is 0 Å². The molecule has 0 amide bonds. The van der Waals surface area contributed by atoms with Gasteiger partial charge in [-0.05, 0) is 45.8 Å². The Kier molecular flexibility index (Phi) is 5.07. The molecule has 0 bridgehead atoms. The van der Waals surface area contributed by atoms with E-state index in [0.717, 1.165) is 12.0 Å². The maximum Gasteiger partial charge on any atom is 0.494 e. The molecule has 1 aliphatic rings. The molecule has 0 spiro atoms. The van der Waals surface area contributed by atoms with Crippen LogP contribution in [-0.4, -0.2) is 25.4 Å². The maximum atomic E-state index is 6.01. The zero-order valence-corrected chi connectivity index (χ0v) is 13.1. The summed E-state index contributed by atoms with van der Waals surface area (Å²) in [4.78, 5) is 0. The highest BCUT2D eigenvalue weighted by Crippen LogP contribution is 2.36. The smallest absolute Gasteiger partial charge is 0.399 e. The lowest BCUT2D eigenvalue weighted by molar-refractivity contribution is 0.00578. The second kappa shape index (κ2) is 5.84. The van der Waals surface area contributed by atoms with Crippen LogP contribution < -0.4 is 10.8 Å². The van der Waals surface area contributed by atoms with Crippen molar-refractivity contribution in [1.82, 2.24) is 5.32 Å². The average Bonchev–Trinajstić information content (AvgIpc) is 2.50. The highest BCUT2D eigenvalue weighted by Gasteiger charge is 2.51. The molecule has 0 unspecified atom stereocenters. The normalized spacial score (nSPS) is 20.2. The summed E-state index contributed by atoms with van der Waals surface area (Å²) in [5.74, 6) is 0. The molecule has 0 atom stereocenters. The third kappa shape index (κ3) is 3.32. The Hall–Kier alpha value is -0.545. The van der Waals surface area contributed by atoms with Crippen LogP contribution in [0.15, 0.2) is 24.3 Å². The summed E-state index contributed by atoms with van der Waals surface area (Å²) in [5, 5.41) is 3.14. The molecule has 1 N–H and O–H groups in total. The standard InChI is InChI=1S/C14H22BNO2.ClH/c1-13(2)14(3,4)18-15(17-13)12-8-6-11(7-9-12)10-16-5;/h6-9,16H,10H2,1-5H3;1H. The van der Waals surface area contributed by atoms with E-state index < -0.39 is 0 Å². The van der Waals surface area contributed by atoms with Gasteiger partial charge in [0.15, 0.2) is 0 Å². The summed E-state index contributed by atoms with van der Waals surface area (Å²) in [6.07, 6.45) is 0. The second-order valence-corrected chi connectivity index (χ2v) is 5.86. The topological polar surface area (TPSA) is 30.5 Å². The Morgan fingerprint density at radius 2 is 1.47 bits per heavy atom.